The maximum atomic E-state index is 13.6. The Bertz CT molecular complexity index is 752. The van der Waals surface area contributed by atoms with Crippen molar-refractivity contribution in [1.82, 2.24) is 0 Å². The zero-order valence-electron chi connectivity index (χ0n) is 12.7. The maximum Gasteiger partial charge on any atom is 0.166 e. The van der Waals surface area contributed by atoms with E-state index in [1.807, 2.05) is 6.07 Å². The van der Waals surface area contributed by atoms with Crippen molar-refractivity contribution in [2.75, 3.05) is 6.61 Å². The highest BCUT2D eigenvalue weighted by Gasteiger charge is 2.16. The van der Waals surface area contributed by atoms with Crippen LogP contribution in [0, 0.1) is 5.82 Å². The van der Waals surface area contributed by atoms with Crippen LogP contribution in [-0.4, -0.2) is 18.2 Å². The van der Waals surface area contributed by atoms with Crippen molar-refractivity contribution in [2.24, 2.45) is 0 Å². The molecule has 0 amide bonds. The molecule has 0 bridgehead atoms. The summed E-state index contributed by atoms with van der Waals surface area (Å²) in [5.41, 5.74) is 1.65. The zero-order chi connectivity index (χ0) is 16.2. The van der Waals surface area contributed by atoms with Gasteiger partial charge in [-0.05, 0) is 48.7 Å². The van der Waals surface area contributed by atoms with Gasteiger partial charge in [0.05, 0.1) is 12.2 Å². The number of halogens is 1. The van der Waals surface area contributed by atoms with Gasteiger partial charge in [-0.25, -0.2) is 4.39 Å². The molecule has 2 aromatic carbocycles. The lowest BCUT2D eigenvalue weighted by Crippen LogP contribution is -2.10. The van der Waals surface area contributed by atoms with Crippen molar-refractivity contribution in [1.29, 1.82) is 0 Å². The van der Waals surface area contributed by atoms with E-state index >= 15 is 0 Å². The Balaban J connectivity index is 1.66. The van der Waals surface area contributed by atoms with Gasteiger partial charge in [0.1, 0.15) is 11.6 Å². The first-order chi connectivity index (χ1) is 11.1. The van der Waals surface area contributed by atoms with Gasteiger partial charge in [0.25, 0.3) is 0 Å². The molecule has 0 saturated heterocycles. The predicted molar refractivity (Wildman–Crippen MR) is 84.6 cm³/mol. The molecule has 0 fully saturated rings. The largest absolute Gasteiger partial charge is 0.493 e. The molecule has 23 heavy (non-hydrogen) atoms. The number of rotatable bonds is 5. The smallest absolute Gasteiger partial charge is 0.166 e. The third kappa shape index (κ3) is 3.47. The lowest BCUT2D eigenvalue weighted by molar-refractivity contribution is 0.0915. The summed E-state index contributed by atoms with van der Waals surface area (Å²) in [5, 5.41) is 0. The van der Waals surface area contributed by atoms with E-state index in [1.165, 1.54) is 18.2 Å². The van der Waals surface area contributed by atoms with Crippen LogP contribution in [0.4, 0.5) is 4.39 Å². The van der Waals surface area contributed by atoms with Gasteiger partial charge in [-0.15, -0.1) is 0 Å². The standard InChI is InChI=1S/C19H17FO3/c20-16-6-2-1-5-15(16)18(22)9-8-17(21)13-7-10-19-14(12-13)4-3-11-23-19/h1-2,5-7,10,12H,3-4,8-9,11H2. The molecular formula is C19H17FO3. The minimum atomic E-state index is -0.545. The number of Topliss-reactive ketones (excluding diaryl/α,β-unsaturated/α-hetero) is 2. The molecule has 0 aliphatic carbocycles. The monoisotopic (exact) mass is 312 g/mol. The molecule has 0 radical (unpaired) electrons. The Morgan fingerprint density at radius 3 is 2.65 bits per heavy atom. The Labute approximate surface area is 134 Å². The van der Waals surface area contributed by atoms with E-state index in [9.17, 15) is 14.0 Å². The molecule has 0 unspecified atom stereocenters. The van der Waals surface area contributed by atoms with E-state index < -0.39 is 5.82 Å². The van der Waals surface area contributed by atoms with Crippen molar-refractivity contribution in [3.63, 3.8) is 0 Å². The van der Waals surface area contributed by atoms with Gasteiger partial charge in [-0.3, -0.25) is 9.59 Å². The molecular weight excluding hydrogens is 295 g/mol. The summed E-state index contributed by atoms with van der Waals surface area (Å²) in [6.45, 7) is 0.706. The van der Waals surface area contributed by atoms with Crippen LogP contribution in [0.3, 0.4) is 0 Å². The molecule has 1 aliphatic heterocycles. The fourth-order valence-corrected chi connectivity index (χ4v) is 2.73. The van der Waals surface area contributed by atoms with Crippen molar-refractivity contribution >= 4 is 11.6 Å². The fraction of sp³-hybridized carbons (Fsp3) is 0.263. The molecule has 3 nitrogen and oxygen atoms in total. The first-order valence-corrected chi connectivity index (χ1v) is 7.72. The second-order valence-corrected chi connectivity index (χ2v) is 5.60. The lowest BCUT2D eigenvalue weighted by atomic mass is 9.98. The highest BCUT2D eigenvalue weighted by atomic mass is 19.1. The van der Waals surface area contributed by atoms with Crippen LogP contribution in [0.25, 0.3) is 0 Å². The average Bonchev–Trinajstić information content (AvgIpc) is 2.59. The molecule has 1 heterocycles. The number of ether oxygens (including phenoxy) is 1. The summed E-state index contributed by atoms with van der Waals surface area (Å²) in [5.74, 6) is -0.174. The summed E-state index contributed by atoms with van der Waals surface area (Å²) in [6, 6.07) is 11.2. The second-order valence-electron chi connectivity index (χ2n) is 5.60. The summed E-state index contributed by atoms with van der Waals surface area (Å²) in [7, 11) is 0. The van der Waals surface area contributed by atoms with Crippen LogP contribution in [0.5, 0.6) is 5.75 Å². The normalized spacial score (nSPS) is 13.1. The van der Waals surface area contributed by atoms with E-state index in [1.54, 1.807) is 18.2 Å². The molecule has 0 saturated carbocycles. The molecule has 4 heteroatoms. The first-order valence-electron chi connectivity index (χ1n) is 7.72. The molecule has 118 valence electrons. The van der Waals surface area contributed by atoms with Gasteiger partial charge in [0, 0.05) is 18.4 Å². The minimum Gasteiger partial charge on any atom is -0.493 e. The number of carbonyl (C=O) groups is 2. The van der Waals surface area contributed by atoms with Crippen LogP contribution in [0.2, 0.25) is 0 Å². The minimum absolute atomic E-state index is 0.00729. The number of carbonyl (C=O) groups excluding carboxylic acids is 2. The van der Waals surface area contributed by atoms with Gasteiger partial charge in [0.15, 0.2) is 11.6 Å². The molecule has 3 rings (SSSR count). The number of benzene rings is 2. The average molecular weight is 312 g/mol. The Morgan fingerprint density at radius 1 is 1.04 bits per heavy atom. The summed E-state index contributed by atoms with van der Waals surface area (Å²) in [6.07, 6.45) is 1.92. The van der Waals surface area contributed by atoms with Crippen LogP contribution in [0.1, 0.15) is 45.5 Å². The molecule has 2 aromatic rings. The van der Waals surface area contributed by atoms with E-state index in [0.29, 0.717) is 12.2 Å². The van der Waals surface area contributed by atoms with Gasteiger partial charge < -0.3 is 4.74 Å². The van der Waals surface area contributed by atoms with Crippen molar-refractivity contribution in [3.05, 3.63) is 65.0 Å². The highest BCUT2D eigenvalue weighted by Crippen LogP contribution is 2.26. The van der Waals surface area contributed by atoms with Gasteiger partial charge in [0.2, 0.25) is 0 Å². The number of fused-ring (bicyclic) bond motifs is 1. The van der Waals surface area contributed by atoms with Gasteiger partial charge >= 0.3 is 0 Å². The molecule has 0 spiro atoms. The van der Waals surface area contributed by atoms with Crippen LogP contribution >= 0.6 is 0 Å². The van der Waals surface area contributed by atoms with Crippen LogP contribution in [0.15, 0.2) is 42.5 Å². The van der Waals surface area contributed by atoms with E-state index in [4.69, 9.17) is 4.74 Å². The quantitative estimate of drug-likeness (QED) is 0.784. The number of hydrogen-bond donors (Lipinski definition) is 0. The molecule has 0 N–H and O–H groups in total. The zero-order valence-corrected chi connectivity index (χ0v) is 12.7. The molecule has 0 atom stereocenters. The SMILES string of the molecule is O=C(CCC(=O)c1ccccc1F)c1ccc2c(c1)CCCO2. The number of hydrogen-bond acceptors (Lipinski definition) is 3. The van der Waals surface area contributed by atoms with Gasteiger partial charge in [-0.1, -0.05) is 12.1 Å². The topological polar surface area (TPSA) is 43.4 Å². The predicted octanol–water partition coefficient (Wildman–Crippen LogP) is 4.00. The molecule has 0 aromatic heterocycles. The number of ketones is 2. The van der Waals surface area contributed by atoms with Crippen LogP contribution in [-0.2, 0) is 6.42 Å². The van der Waals surface area contributed by atoms with Crippen molar-refractivity contribution < 1.29 is 18.7 Å². The van der Waals surface area contributed by atoms with Gasteiger partial charge in [-0.2, -0.15) is 0 Å². The van der Waals surface area contributed by atoms with Crippen molar-refractivity contribution in [2.45, 2.75) is 25.7 Å². The Kier molecular flexibility index (Phi) is 4.51. The Hall–Kier alpha value is -2.49. The van der Waals surface area contributed by atoms with Crippen LogP contribution < -0.4 is 4.74 Å². The summed E-state index contributed by atoms with van der Waals surface area (Å²) >= 11 is 0. The van der Waals surface area contributed by atoms with Crippen molar-refractivity contribution in [3.8, 4) is 5.75 Å². The highest BCUT2D eigenvalue weighted by molar-refractivity contribution is 6.02. The third-order valence-electron chi connectivity index (χ3n) is 3.98. The summed E-state index contributed by atoms with van der Waals surface area (Å²) in [4.78, 5) is 24.3. The van der Waals surface area contributed by atoms with E-state index in [0.717, 1.165) is 24.2 Å². The van der Waals surface area contributed by atoms with E-state index in [-0.39, 0.29) is 30.0 Å². The summed E-state index contributed by atoms with van der Waals surface area (Å²) < 4.78 is 19.1. The number of aryl methyl sites for hydroxylation is 1. The third-order valence-corrected chi connectivity index (χ3v) is 3.98. The first kappa shape index (κ1) is 15.4. The Morgan fingerprint density at radius 2 is 1.83 bits per heavy atom. The lowest BCUT2D eigenvalue weighted by Gasteiger charge is -2.17. The molecule has 1 aliphatic rings. The fourth-order valence-electron chi connectivity index (χ4n) is 2.73. The maximum absolute atomic E-state index is 13.6. The van der Waals surface area contributed by atoms with E-state index in [2.05, 4.69) is 0 Å². The second kappa shape index (κ2) is 6.73.